The number of amides is 1. The zero-order valence-corrected chi connectivity index (χ0v) is 19.6. The lowest BCUT2D eigenvalue weighted by Crippen LogP contribution is -2.15. The van der Waals surface area contributed by atoms with Crippen molar-refractivity contribution in [1.82, 2.24) is 9.97 Å². The average Bonchev–Trinajstić information content (AvgIpc) is 2.77. The number of hydrogen-bond donors (Lipinski definition) is 4. The molecule has 0 fully saturated rings. The number of sulfonamides is 1. The highest BCUT2D eigenvalue weighted by atomic mass is 32.2. The van der Waals surface area contributed by atoms with Crippen molar-refractivity contribution in [2.75, 3.05) is 26.4 Å². The van der Waals surface area contributed by atoms with Gasteiger partial charge in [-0.05, 0) is 42.8 Å². The maximum Gasteiger partial charge on any atom is 0.421 e. The fourth-order valence-electron chi connectivity index (χ4n) is 2.97. The average molecular weight is 509 g/mol. The minimum absolute atomic E-state index is 0.0563. The number of carbonyl (C=O) groups is 1. The quantitative estimate of drug-likeness (QED) is 0.334. The van der Waals surface area contributed by atoms with Crippen LogP contribution in [0.3, 0.4) is 0 Å². The minimum atomic E-state index is -4.70. The number of alkyl halides is 3. The van der Waals surface area contributed by atoms with E-state index in [4.69, 9.17) is 0 Å². The highest BCUT2D eigenvalue weighted by Gasteiger charge is 2.35. The molecule has 9 nitrogen and oxygen atoms in total. The van der Waals surface area contributed by atoms with Gasteiger partial charge in [-0.3, -0.25) is 9.52 Å². The number of benzene rings is 2. The molecule has 13 heteroatoms. The van der Waals surface area contributed by atoms with Gasteiger partial charge in [0.1, 0.15) is 11.4 Å². The molecule has 1 aromatic heterocycles. The molecule has 2 aromatic carbocycles. The number of aromatic nitrogens is 2. The maximum absolute atomic E-state index is 13.5. The predicted molar refractivity (Wildman–Crippen MR) is 128 cm³/mol. The van der Waals surface area contributed by atoms with E-state index in [0.29, 0.717) is 28.8 Å². The second kappa shape index (κ2) is 10.6. The van der Waals surface area contributed by atoms with Gasteiger partial charge in [-0.25, -0.2) is 13.4 Å². The Morgan fingerprint density at radius 1 is 1.03 bits per heavy atom. The number of halogens is 3. The van der Waals surface area contributed by atoms with E-state index in [1.165, 1.54) is 19.9 Å². The van der Waals surface area contributed by atoms with Crippen molar-refractivity contribution < 1.29 is 26.4 Å². The molecule has 0 unspecified atom stereocenters. The van der Waals surface area contributed by atoms with E-state index < -0.39 is 27.6 Å². The topological polar surface area (TPSA) is 125 Å². The van der Waals surface area contributed by atoms with Gasteiger partial charge in [0.2, 0.25) is 21.9 Å². The van der Waals surface area contributed by atoms with Gasteiger partial charge >= 0.3 is 6.18 Å². The summed E-state index contributed by atoms with van der Waals surface area (Å²) in [6, 6.07) is 12.8. The van der Waals surface area contributed by atoms with Crippen LogP contribution < -0.4 is 20.7 Å². The van der Waals surface area contributed by atoms with Crippen LogP contribution >= 0.6 is 0 Å². The molecule has 3 aromatic rings. The number of nitrogens with one attached hydrogen (secondary N) is 4. The molecule has 0 bridgehead atoms. The zero-order chi connectivity index (χ0) is 25.6. The molecule has 35 heavy (non-hydrogen) atoms. The molecule has 0 aliphatic carbocycles. The van der Waals surface area contributed by atoms with Gasteiger partial charge in [-0.1, -0.05) is 18.2 Å². The van der Waals surface area contributed by atoms with Crippen LogP contribution in [0.2, 0.25) is 0 Å². The summed E-state index contributed by atoms with van der Waals surface area (Å²) in [7, 11) is -3.50. The first-order valence-electron chi connectivity index (χ1n) is 10.4. The van der Waals surface area contributed by atoms with E-state index in [1.807, 2.05) is 0 Å². The molecule has 0 saturated heterocycles. The molecular weight excluding hydrogens is 485 g/mol. The first kappa shape index (κ1) is 25.7. The third kappa shape index (κ3) is 7.57. The fourth-order valence-corrected chi connectivity index (χ4v) is 3.60. The van der Waals surface area contributed by atoms with Gasteiger partial charge in [-0.15, -0.1) is 0 Å². The Labute approximate surface area is 200 Å². The summed E-state index contributed by atoms with van der Waals surface area (Å²) >= 11 is 0. The van der Waals surface area contributed by atoms with Crippen LogP contribution in [0.4, 0.5) is 42.0 Å². The highest BCUT2D eigenvalue weighted by molar-refractivity contribution is 7.92. The van der Waals surface area contributed by atoms with E-state index >= 15 is 0 Å². The Morgan fingerprint density at radius 2 is 1.71 bits per heavy atom. The molecular formula is C22H23F3N6O3S. The molecule has 1 heterocycles. The summed E-state index contributed by atoms with van der Waals surface area (Å²) in [6.45, 7) is 2.79. The summed E-state index contributed by atoms with van der Waals surface area (Å²) in [5.74, 6) is -0.932. The van der Waals surface area contributed by atoms with Crippen molar-refractivity contribution in [3.63, 3.8) is 0 Å². The largest absolute Gasteiger partial charge is 0.421 e. The number of hydrogen-bond acceptors (Lipinski definition) is 7. The minimum Gasteiger partial charge on any atom is -0.365 e. The smallest absolute Gasteiger partial charge is 0.365 e. The SMILES string of the molecule is CCS(=O)(=O)Nc1cccc(CNc2nc(Nc3cccc(NC(C)=O)c3)ncc2C(F)(F)F)c1. The van der Waals surface area contributed by atoms with Crippen LogP contribution in [0.1, 0.15) is 25.0 Å². The third-order valence-corrected chi connectivity index (χ3v) is 5.88. The van der Waals surface area contributed by atoms with Crippen LogP contribution in [-0.2, 0) is 27.5 Å². The van der Waals surface area contributed by atoms with Gasteiger partial charge < -0.3 is 16.0 Å². The monoisotopic (exact) mass is 508 g/mol. The summed E-state index contributed by atoms with van der Waals surface area (Å²) in [5, 5.41) is 8.09. The van der Waals surface area contributed by atoms with E-state index in [0.717, 1.165) is 0 Å². The van der Waals surface area contributed by atoms with E-state index in [1.54, 1.807) is 42.5 Å². The molecule has 0 spiro atoms. The molecule has 0 aliphatic rings. The van der Waals surface area contributed by atoms with Crippen LogP contribution in [0, 0.1) is 0 Å². The molecule has 1 amide bonds. The molecule has 186 valence electrons. The summed E-state index contributed by atoms with van der Waals surface area (Å²) in [6.07, 6.45) is -4.04. The van der Waals surface area contributed by atoms with Crippen molar-refractivity contribution in [1.29, 1.82) is 0 Å². The van der Waals surface area contributed by atoms with Crippen LogP contribution in [0.5, 0.6) is 0 Å². The summed E-state index contributed by atoms with van der Waals surface area (Å²) in [4.78, 5) is 19.0. The standard InChI is InChI=1S/C22H23F3N6O3S/c1-3-35(33,34)31-18-9-4-6-15(10-18)12-26-20-19(22(23,24)25)13-27-21(30-20)29-17-8-5-7-16(11-17)28-14(2)32/h4-11,13,31H,3,12H2,1-2H3,(H,28,32)(H2,26,27,29,30). The summed E-state index contributed by atoms with van der Waals surface area (Å²) in [5.41, 5.74) is 0.721. The van der Waals surface area contributed by atoms with Gasteiger partial charge in [-0.2, -0.15) is 18.2 Å². The number of nitrogens with zero attached hydrogens (tertiary/aromatic N) is 2. The van der Waals surface area contributed by atoms with Crippen molar-refractivity contribution in [3.05, 3.63) is 65.9 Å². The van der Waals surface area contributed by atoms with Gasteiger partial charge in [0.15, 0.2) is 0 Å². The summed E-state index contributed by atoms with van der Waals surface area (Å²) < 4.78 is 66.6. The lowest BCUT2D eigenvalue weighted by atomic mass is 10.2. The Balaban J connectivity index is 1.82. The van der Waals surface area contributed by atoms with Gasteiger partial charge in [0.25, 0.3) is 0 Å². The van der Waals surface area contributed by atoms with Crippen molar-refractivity contribution in [2.24, 2.45) is 0 Å². The molecule has 3 rings (SSSR count). The molecule has 4 N–H and O–H groups in total. The predicted octanol–water partition coefficient (Wildman–Crippen LogP) is 4.57. The van der Waals surface area contributed by atoms with Crippen LogP contribution in [0.15, 0.2) is 54.7 Å². The number of rotatable bonds is 9. The molecule has 0 saturated carbocycles. The van der Waals surface area contributed by atoms with Crippen molar-refractivity contribution in [3.8, 4) is 0 Å². The first-order chi connectivity index (χ1) is 16.4. The van der Waals surface area contributed by atoms with E-state index in [9.17, 15) is 26.4 Å². The Morgan fingerprint density at radius 3 is 2.40 bits per heavy atom. The Hall–Kier alpha value is -3.87. The number of carbonyl (C=O) groups excluding carboxylic acids is 1. The second-order valence-corrected chi connectivity index (χ2v) is 9.41. The Kier molecular flexibility index (Phi) is 7.79. The number of anilines is 5. The fraction of sp³-hybridized carbons (Fsp3) is 0.227. The lowest BCUT2D eigenvalue weighted by Gasteiger charge is -2.15. The second-order valence-electron chi connectivity index (χ2n) is 7.40. The van der Waals surface area contributed by atoms with E-state index in [-0.39, 0.29) is 24.2 Å². The first-order valence-corrected chi connectivity index (χ1v) is 12.0. The van der Waals surface area contributed by atoms with E-state index in [2.05, 4.69) is 30.6 Å². The van der Waals surface area contributed by atoms with Gasteiger partial charge in [0, 0.05) is 36.7 Å². The van der Waals surface area contributed by atoms with Crippen molar-refractivity contribution >= 4 is 44.8 Å². The van der Waals surface area contributed by atoms with Gasteiger partial charge in [0.05, 0.1) is 5.75 Å². The molecule has 0 radical (unpaired) electrons. The van der Waals surface area contributed by atoms with Crippen molar-refractivity contribution in [2.45, 2.75) is 26.6 Å². The Bertz CT molecular complexity index is 1320. The normalized spacial score (nSPS) is 11.6. The maximum atomic E-state index is 13.5. The molecule has 0 aliphatic heterocycles. The molecule has 0 atom stereocenters. The third-order valence-electron chi connectivity index (χ3n) is 4.57. The zero-order valence-electron chi connectivity index (χ0n) is 18.8. The lowest BCUT2D eigenvalue weighted by molar-refractivity contribution is -0.137. The van der Waals surface area contributed by atoms with Crippen LogP contribution in [0.25, 0.3) is 0 Å². The van der Waals surface area contributed by atoms with Crippen LogP contribution in [-0.4, -0.2) is 30.0 Å². The highest BCUT2D eigenvalue weighted by Crippen LogP contribution is 2.34.